The van der Waals surface area contributed by atoms with Gasteiger partial charge in [0.2, 0.25) is 0 Å². The number of aliphatic hydroxyl groups excluding tert-OH is 2. The van der Waals surface area contributed by atoms with Gasteiger partial charge in [-0.2, -0.15) is 0 Å². The van der Waals surface area contributed by atoms with Gasteiger partial charge >= 0.3 is 0 Å². The molecule has 0 aromatic heterocycles. The molecule has 0 aliphatic carbocycles. The van der Waals surface area contributed by atoms with Gasteiger partial charge < -0.3 is 10.2 Å². The fourth-order valence-electron chi connectivity index (χ4n) is 1.60. The molecule has 2 nitrogen and oxygen atoms in total. The van der Waals surface area contributed by atoms with E-state index in [0.717, 1.165) is 5.56 Å². The number of rotatable bonds is 5. The summed E-state index contributed by atoms with van der Waals surface area (Å²) < 4.78 is 0. The van der Waals surface area contributed by atoms with E-state index in [2.05, 4.69) is 0 Å². The molecule has 0 fully saturated rings. The van der Waals surface area contributed by atoms with E-state index in [9.17, 15) is 0 Å². The minimum atomic E-state index is 0.0869. The summed E-state index contributed by atoms with van der Waals surface area (Å²) >= 11 is 11.8. The van der Waals surface area contributed by atoms with Crippen LogP contribution in [0.4, 0.5) is 0 Å². The van der Waals surface area contributed by atoms with Crippen LogP contribution in [0, 0.1) is 0 Å². The molecule has 0 radical (unpaired) electrons. The van der Waals surface area contributed by atoms with Crippen LogP contribution >= 0.6 is 23.2 Å². The lowest BCUT2D eigenvalue weighted by Crippen LogP contribution is -2.04. The second-order valence-corrected chi connectivity index (χ2v) is 4.23. The van der Waals surface area contributed by atoms with Crippen LogP contribution in [0.5, 0.6) is 0 Å². The third kappa shape index (κ3) is 3.65. The Balaban J connectivity index is 2.89. The first-order valence-corrected chi connectivity index (χ1v) is 5.61. The zero-order valence-electron chi connectivity index (χ0n) is 8.29. The van der Waals surface area contributed by atoms with Crippen molar-refractivity contribution in [3.05, 3.63) is 33.8 Å². The van der Waals surface area contributed by atoms with Gasteiger partial charge in [0.25, 0.3) is 0 Å². The van der Waals surface area contributed by atoms with Crippen LogP contribution in [0.15, 0.2) is 18.2 Å². The van der Waals surface area contributed by atoms with E-state index < -0.39 is 0 Å². The molecule has 0 bridgehead atoms. The van der Waals surface area contributed by atoms with Crippen molar-refractivity contribution in [3.63, 3.8) is 0 Å². The SMILES string of the molecule is OCCC(CCO)c1ccc(Cl)cc1Cl. The molecule has 1 rings (SSSR count). The molecule has 1 aromatic carbocycles. The minimum absolute atomic E-state index is 0.0869. The predicted molar refractivity (Wildman–Crippen MR) is 62.6 cm³/mol. The highest BCUT2D eigenvalue weighted by molar-refractivity contribution is 6.35. The van der Waals surface area contributed by atoms with Crippen LogP contribution in [0.2, 0.25) is 10.0 Å². The first-order valence-electron chi connectivity index (χ1n) is 4.85. The topological polar surface area (TPSA) is 40.5 Å². The molecule has 0 heterocycles. The number of hydrogen-bond acceptors (Lipinski definition) is 2. The molecular formula is C11H14Cl2O2. The van der Waals surface area contributed by atoms with Crippen LogP contribution in [0.3, 0.4) is 0 Å². The average molecular weight is 249 g/mol. The van der Waals surface area contributed by atoms with Gasteiger partial charge in [0, 0.05) is 23.3 Å². The van der Waals surface area contributed by atoms with Gasteiger partial charge in [0.15, 0.2) is 0 Å². The molecule has 2 N–H and O–H groups in total. The Labute approximate surface area is 99.5 Å². The molecule has 0 aliphatic rings. The van der Waals surface area contributed by atoms with Crippen molar-refractivity contribution in [2.24, 2.45) is 0 Å². The second kappa shape index (κ2) is 6.33. The molecule has 15 heavy (non-hydrogen) atoms. The molecule has 0 saturated heterocycles. The van der Waals surface area contributed by atoms with Crippen LogP contribution in [-0.2, 0) is 0 Å². The lowest BCUT2D eigenvalue weighted by molar-refractivity contribution is 0.242. The van der Waals surface area contributed by atoms with E-state index in [0.29, 0.717) is 22.9 Å². The van der Waals surface area contributed by atoms with E-state index in [1.54, 1.807) is 12.1 Å². The first kappa shape index (κ1) is 12.8. The lowest BCUT2D eigenvalue weighted by atomic mass is 9.93. The summed E-state index contributed by atoms with van der Waals surface area (Å²) in [4.78, 5) is 0. The van der Waals surface area contributed by atoms with Gasteiger partial charge in [-0.1, -0.05) is 29.3 Å². The largest absolute Gasteiger partial charge is 0.396 e. The Bertz CT molecular complexity index is 309. The summed E-state index contributed by atoms with van der Waals surface area (Å²) in [6.07, 6.45) is 1.20. The van der Waals surface area contributed by atoms with Crippen molar-refractivity contribution in [3.8, 4) is 0 Å². The predicted octanol–water partition coefficient (Wildman–Crippen LogP) is 2.84. The molecular weight excluding hydrogens is 235 g/mol. The van der Waals surface area contributed by atoms with Gasteiger partial charge in [-0.15, -0.1) is 0 Å². The minimum Gasteiger partial charge on any atom is -0.396 e. The molecule has 1 aromatic rings. The standard InChI is InChI=1S/C11H14Cl2O2/c12-9-1-2-10(11(13)7-9)8(3-5-14)4-6-15/h1-2,7-8,14-15H,3-6H2. The number of halogens is 2. The van der Waals surface area contributed by atoms with Crippen molar-refractivity contribution in [2.75, 3.05) is 13.2 Å². The third-order valence-corrected chi connectivity index (χ3v) is 2.92. The fraction of sp³-hybridized carbons (Fsp3) is 0.455. The van der Waals surface area contributed by atoms with E-state index in [4.69, 9.17) is 33.4 Å². The molecule has 4 heteroatoms. The van der Waals surface area contributed by atoms with Crippen molar-refractivity contribution in [2.45, 2.75) is 18.8 Å². The maximum atomic E-state index is 8.92. The van der Waals surface area contributed by atoms with Crippen LogP contribution in [-0.4, -0.2) is 23.4 Å². The van der Waals surface area contributed by atoms with E-state index in [-0.39, 0.29) is 19.1 Å². The zero-order chi connectivity index (χ0) is 11.3. The van der Waals surface area contributed by atoms with E-state index in [1.165, 1.54) is 0 Å². The van der Waals surface area contributed by atoms with Crippen LogP contribution in [0.1, 0.15) is 24.3 Å². The number of aliphatic hydroxyl groups is 2. The second-order valence-electron chi connectivity index (χ2n) is 3.39. The quantitative estimate of drug-likeness (QED) is 0.842. The molecule has 0 amide bonds. The summed E-state index contributed by atoms with van der Waals surface area (Å²) in [5.74, 6) is 0.0877. The number of benzene rings is 1. The van der Waals surface area contributed by atoms with Crippen LogP contribution < -0.4 is 0 Å². The number of hydrogen-bond donors (Lipinski definition) is 2. The monoisotopic (exact) mass is 248 g/mol. The summed E-state index contributed by atoms with van der Waals surface area (Å²) in [5.41, 5.74) is 0.934. The maximum absolute atomic E-state index is 8.92. The highest BCUT2D eigenvalue weighted by atomic mass is 35.5. The van der Waals surface area contributed by atoms with E-state index >= 15 is 0 Å². The molecule has 0 unspecified atom stereocenters. The first-order chi connectivity index (χ1) is 7.19. The highest BCUT2D eigenvalue weighted by Crippen LogP contribution is 2.31. The molecule has 0 saturated carbocycles. The maximum Gasteiger partial charge on any atom is 0.0455 e. The van der Waals surface area contributed by atoms with E-state index in [1.807, 2.05) is 6.07 Å². The van der Waals surface area contributed by atoms with Crippen molar-refractivity contribution in [1.29, 1.82) is 0 Å². The van der Waals surface area contributed by atoms with Crippen molar-refractivity contribution in [1.82, 2.24) is 0 Å². The average Bonchev–Trinajstić information content (AvgIpc) is 2.17. The van der Waals surface area contributed by atoms with Crippen molar-refractivity contribution < 1.29 is 10.2 Å². The van der Waals surface area contributed by atoms with Gasteiger partial charge in [0.1, 0.15) is 0 Å². The molecule has 84 valence electrons. The molecule has 0 spiro atoms. The summed E-state index contributed by atoms with van der Waals surface area (Å²) in [6.45, 7) is 0.174. The zero-order valence-corrected chi connectivity index (χ0v) is 9.80. The normalized spacial score (nSPS) is 11.0. The van der Waals surface area contributed by atoms with Crippen molar-refractivity contribution >= 4 is 23.2 Å². The molecule has 0 atom stereocenters. The fourth-order valence-corrected chi connectivity index (χ4v) is 2.16. The summed E-state index contributed by atoms with van der Waals surface area (Å²) in [7, 11) is 0. The Hall–Kier alpha value is -0.280. The Morgan fingerprint density at radius 3 is 2.13 bits per heavy atom. The Morgan fingerprint density at radius 1 is 1.07 bits per heavy atom. The summed E-state index contributed by atoms with van der Waals surface area (Å²) in [6, 6.07) is 5.30. The molecule has 0 aliphatic heterocycles. The van der Waals surface area contributed by atoms with Gasteiger partial charge in [-0.3, -0.25) is 0 Å². The van der Waals surface area contributed by atoms with Crippen LogP contribution in [0.25, 0.3) is 0 Å². The smallest absolute Gasteiger partial charge is 0.0455 e. The lowest BCUT2D eigenvalue weighted by Gasteiger charge is -2.16. The van der Waals surface area contributed by atoms with Gasteiger partial charge in [-0.25, -0.2) is 0 Å². The Morgan fingerprint density at radius 2 is 1.67 bits per heavy atom. The third-order valence-electron chi connectivity index (χ3n) is 2.36. The van der Waals surface area contributed by atoms with Gasteiger partial charge in [-0.05, 0) is 36.5 Å². The Kier molecular flexibility index (Phi) is 5.40. The van der Waals surface area contributed by atoms with Gasteiger partial charge in [0.05, 0.1) is 0 Å². The summed E-state index contributed by atoms with van der Waals surface area (Å²) in [5, 5.41) is 19.0. The highest BCUT2D eigenvalue weighted by Gasteiger charge is 2.13.